The lowest BCUT2D eigenvalue weighted by Gasteiger charge is -2.19. The van der Waals surface area contributed by atoms with Crippen molar-refractivity contribution in [2.75, 3.05) is 26.4 Å². The van der Waals surface area contributed by atoms with Crippen LogP contribution in [-0.2, 0) is 33.9 Å². The molecular formula is C28H55NO9S. The van der Waals surface area contributed by atoms with E-state index in [1.54, 1.807) is 0 Å². The highest BCUT2D eigenvalue weighted by atomic mass is 32.2. The summed E-state index contributed by atoms with van der Waals surface area (Å²) in [5, 5.41) is 7.43. The summed E-state index contributed by atoms with van der Waals surface area (Å²) in [5.74, 6) is -2.36. The third-order valence-corrected chi connectivity index (χ3v) is 7.24. The first-order chi connectivity index (χ1) is 18.2. The van der Waals surface area contributed by atoms with Crippen LogP contribution in [0, 0.1) is 0 Å². The van der Waals surface area contributed by atoms with Gasteiger partial charge in [-0.25, -0.2) is 8.42 Å². The van der Waals surface area contributed by atoms with Crippen molar-refractivity contribution < 1.29 is 41.9 Å². The molecule has 0 amide bonds. The zero-order valence-corrected chi connectivity index (χ0v) is 25.2. The summed E-state index contributed by atoms with van der Waals surface area (Å²) in [6.45, 7) is 5.21. The summed E-state index contributed by atoms with van der Waals surface area (Å²) in [7, 11) is -5.14. The quantitative estimate of drug-likeness (QED) is 0.0542. The highest BCUT2D eigenvalue weighted by Gasteiger charge is 2.31. The van der Waals surface area contributed by atoms with E-state index >= 15 is 0 Å². The number of hydrogen-bond acceptors (Lipinski definition) is 9. The van der Waals surface area contributed by atoms with E-state index in [0.717, 1.165) is 19.3 Å². The Morgan fingerprint density at radius 3 is 1.72 bits per heavy atom. The Balaban J connectivity index is 0. The van der Waals surface area contributed by atoms with Crippen molar-refractivity contribution in [3.8, 4) is 0 Å². The summed E-state index contributed by atoms with van der Waals surface area (Å²) in [6.07, 6.45) is 18.8. The van der Waals surface area contributed by atoms with Crippen molar-refractivity contribution in [1.29, 1.82) is 0 Å². The van der Waals surface area contributed by atoms with Gasteiger partial charge in [0.15, 0.2) is 5.25 Å². The molecule has 2 unspecified atom stereocenters. The first kappa shape index (κ1) is 39.6. The number of aliphatic hydroxyl groups is 1. The number of hydrogen-bond donors (Lipinski definition) is 2. The molecule has 0 spiro atoms. The standard InChI is InChI=1S/C28H52O9S.H3N/c1-3-5-6-7-8-9-10-11-12-13-14-15-16-17-18-19-21-36-27(30)22-26(38(32,33)34)28(31)37-24-25(29)23-35-20-4-2;/h4,25-26,29H,2-3,5-24H2,1H3,(H,32,33,34);1H3. The summed E-state index contributed by atoms with van der Waals surface area (Å²) < 4.78 is 49.0. The average Bonchev–Trinajstić information content (AvgIpc) is 2.87. The summed E-state index contributed by atoms with van der Waals surface area (Å²) in [6, 6.07) is 0. The SMILES string of the molecule is C=CCOCC(O)COC(=O)C(CC(=O)OCCCCCCCCCCCCCCCCCC)S(=O)(=O)[O-].[NH4+]. The maximum Gasteiger partial charge on any atom is 0.323 e. The van der Waals surface area contributed by atoms with Crippen LogP contribution in [0.15, 0.2) is 12.7 Å². The van der Waals surface area contributed by atoms with Crippen LogP contribution in [0.1, 0.15) is 116 Å². The van der Waals surface area contributed by atoms with E-state index in [1.165, 1.54) is 83.1 Å². The minimum Gasteiger partial charge on any atom is -0.747 e. The Morgan fingerprint density at radius 1 is 0.821 bits per heavy atom. The molecule has 39 heavy (non-hydrogen) atoms. The third kappa shape index (κ3) is 25.2. The lowest BCUT2D eigenvalue weighted by atomic mass is 10.0. The van der Waals surface area contributed by atoms with Crippen molar-refractivity contribution in [3.05, 3.63) is 12.7 Å². The van der Waals surface area contributed by atoms with E-state index in [-0.39, 0.29) is 26.0 Å². The van der Waals surface area contributed by atoms with Crippen molar-refractivity contribution >= 4 is 22.1 Å². The number of ether oxygens (including phenoxy) is 3. The molecule has 0 fully saturated rings. The Morgan fingerprint density at radius 2 is 1.28 bits per heavy atom. The molecule has 0 saturated carbocycles. The molecule has 0 rings (SSSR count). The lowest BCUT2D eigenvalue weighted by Crippen LogP contribution is -2.36. The van der Waals surface area contributed by atoms with E-state index in [1.807, 2.05) is 0 Å². The van der Waals surface area contributed by atoms with Crippen LogP contribution in [-0.4, -0.2) is 67.8 Å². The van der Waals surface area contributed by atoms with Crippen LogP contribution in [0.5, 0.6) is 0 Å². The topological polar surface area (TPSA) is 176 Å². The lowest BCUT2D eigenvalue weighted by molar-refractivity contribution is -0.152. The van der Waals surface area contributed by atoms with Gasteiger partial charge in [-0.3, -0.25) is 9.59 Å². The van der Waals surface area contributed by atoms with Crippen molar-refractivity contribution in [1.82, 2.24) is 6.15 Å². The van der Waals surface area contributed by atoms with Gasteiger partial charge in [0, 0.05) is 0 Å². The van der Waals surface area contributed by atoms with Gasteiger partial charge < -0.3 is 30.0 Å². The highest BCUT2D eigenvalue weighted by Crippen LogP contribution is 2.14. The van der Waals surface area contributed by atoms with Crippen molar-refractivity contribution in [2.45, 2.75) is 127 Å². The molecule has 232 valence electrons. The monoisotopic (exact) mass is 581 g/mol. The summed E-state index contributed by atoms with van der Waals surface area (Å²) >= 11 is 0. The van der Waals surface area contributed by atoms with Crippen molar-refractivity contribution in [3.63, 3.8) is 0 Å². The second kappa shape index (κ2) is 26.7. The second-order valence-electron chi connectivity index (χ2n) is 9.82. The van der Waals surface area contributed by atoms with Gasteiger partial charge >= 0.3 is 11.9 Å². The fourth-order valence-corrected chi connectivity index (χ4v) is 4.60. The first-order valence-electron chi connectivity index (χ1n) is 14.4. The molecule has 0 heterocycles. The van der Waals surface area contributed by atoms with E-state index < -0.39 is 46.4 Å². The van der Waals surface area contributed by atoms with E-state index in [9.17, 15) is 27.7 Å². The molecule has 0 aromatic rings. The first-order valence-corrected chi connectivity index (χ1v) is 15.8. The summed E-state index contributed by atoms with van der Waals surface area (Å²) in [5.41, 5.74) is 0. The van der Waals surface area contributed by atoms with Gasteiger partial charge in [-0.05, 0) is 6.42 Å². The molecule has 0 aliphatic heterocycles. The molecule has 0 aromatic carbocycles. The zero-order chi connectivity index (χ0) is 28.5. The molecule has 0 bridgehead atoms. The fourth-order valence-electron chi connectivity index (χ4n) is 3.96. The predicted molar refractivity (Wildman–Crippen MR) is 153 cm³/mol. The van der Waals surface area contributed by atoms with Gasteiger partial charge in [0.05, 0.1) is 26.2 Å². The van der Waals surface area contributed by atoms with Gasteiger partial charge in [0.1, 0.15) is 22.8 Å². The molecular weight excluding hydrogens is 526 g/mol. The minimum absolute atomic E-state index is 0. The Kier molecular flexibility index (Phi) is 27.1. The minimum atomic E-state index is -5.14. The highest BCUT2D eigenvalue weighted by molar-refractivity contribution is 7.87. The molecule has 2 atom stereocenters. The number of carbonyl (C=O) groups excluding carboxylic acids is 2. The number of esters is 2. The molecule has 0 aliphatic rings. The van der Waals surface area contributed by atoms with E-state index in [0.29, 0.717) is 6.42 Å². The third-order valence-electron chi connectivity index (χ3n) is 6.19. The maximum atomic E-state index is 12.0. The van der Waals surface area contributed by atoms with E-state index in [2.05, 4.69) is 18.2 Å². The van der Waals surface area contributed by atoms with Gasteiger partial charge in [0.25, 0.3) is 0 Å². The molecule has 0 saturated heterocycles. The smallest absolute Gasteiger partial charge is 0.323 e. The molecule has 0 aliphatic carbocycles. The largest absolute Gasteiger partial charge is 0.747 e. The van der Waals surface area contributed by atoms with Crippen molar-refractivity contribution in [2.24, 2.45) is 0 Å². The molecule has 5 N–H and O–H groups in total. The number of aliphatic hydroxyl groups excluding tert-OH is 1. The number of carbonyl (C=O) groups is 2. The van der Waals surface area contributed by atoms with Crippen LogP contribution < -0.4 is 6.15 Å². The van der Waals surface area contributed by atoms with Gasteiger partial charge in [-0.2, -0.15) is 0 Å². The number of rotatable bonds is 27. The number of quaternary nitrogens is 1. The van der Waals surface area contributed by atoms with Crippen LogP contribution in [0.3, 0.4) is 0 Å². The molecule has 10 nitrogen and oxygen atoms in total. The van der Waals surface area contributed by atoms with E-state index in [4.69, 9.17) is 9.47 Å². The Labute approximate surface area is 236 Å². The predicted octanol–water partition coefficient (Wildman–Crippen LogP) is 5.58. The van der Waals surface area contributed by atoms with Crippen LogP contribution in [0.25, 0.3) is 0 Å². The Bertz CT molecular complexity index is 716. The molecule has 0 radical (unpaired) electrons. The molecule has 0 aromatic heterocycles. The van der Waals surface area contributed by atoms with Crippen LogP contribution >= 0.6 is 0 Å². The fraction of sp³-hybridized carbons (Fsp3) is 0.857. The van der Waals surface area contributed by atoms with Gasteiger partial charge in [0.2, 0.25) is 0 Å². The Hall–Kier alpha value is -1.53. The average molecular weight is 582 g/mol. The molecule has 11 heteroatoms. The summed E-state index contributed by atoms with van der Waals surface area (Å²) in [4.78, 5) is 24.0. The number of unbranched alkanes of at least 4 members (excludes halogenated alkanes) is 15. The van der Waals surface area contributed by atoms with Crippen LogP contribution in [0.4, 0.5) is 0 Å². The normalized spacial score (nSPS) is 12.8. The van der Waals surface area contributed by atoms with Gasteiger partial charge in [-0.1, -0.05) is 109 Å². The maximum absolute atomic E-state index is 12.0. The zero-order valence-electron chi connectivity index (χ0n) is 24.4. The van der Waals surface area contributed by atoms with Gasteiger partial charge in [-0.15, -0.1) is 6.58 Å². The van der Waals surface area contributed by atoms with Crippen LogP contribution in [0.2, 0.25) is 0 Å². The second-order valence-corrected chi connectivity index (χ2v) is 11.4.